The Labute approximate surface area is 75.9 Å². The van der Waals surface area contributed by atoms with Crippen LogP contribution in [0.4, 0.5) is 0 Å². The van der Waals surface area contributed by atoms with Crippen LogP contribution < -0.4 is 0 Å². The molecule has 60 valence electrons. The Morgan fingerprint density at radius 3 is 2.27 bits per heavy atom. The molecule has 2 heteroatoms. The first kappa shape index (κ1) is 8.60. The normalized spacial score (nSPS) is 10.2. The van der Waals surface area contributed by atoms with Gasteiger partial charge in [-0.25, -0.2) is 0 Å². The summed E-state index contributed by atoms with van der Waals surface area (Å²) in [6.07, 6.45) is 0. The average molecular weight is 214 g/mol. The van der Waals surface area contributed by atoms with Gasteiger partial charge < -0.3 is 4.57 Å². The van der Waals surface area contributed by atoms with Crippen LogP contribution in [0.25, 0.3) is 5.70 Å². The van der Waals surface area contributed by atoms with Crippen LogP contribution in [0, 0.1) is 13.8 Å². The Kier molecular flexibility index (Phi) is 2.23. The molecule has 0 saturated heterocycles. The molecule has 0 amide bonds. The van der Waals surface area contributed by atoms with Gasteiger partial charge in [0.05, 0.1) is 0 Å². The number of nitrogens with zero attached hydrogens (tertiary/aromatic N) is 1. The van der Waals surface area contributed by atoms with Gasteiger partial charge in [-0.15, -0.1) is 0 Å². The minimum absolute atomic E-state index is 1.06. The van der Waals surface area contributed by atoms with Crippen LogP contribution in [0.5, 0.6) is 0 Å². The Bertz CT molecular complexity index is 297. The van der Waals surface area contributed by atoms with E-state index in [0.717, 1.165) is 10.2 Å². The predicted octanol–water partition coefficient (Wildman–Crippen LogP) is 3.36. The first-order valence-corrected chi connectivity index (χ1v) is 4.33. The molecule has 11 heavy (non-hydrogen) atoms. The van der Waals surface area contributed by atoms with Gasteiger partial charge in [-0.3, -0.25) is 0 Å². The number of aromatic nitrogens is 1. The molecule has 1 rings (SSSR count). The van der Waals surface area contributed by atoms with Gasteiger partial charge in [0.15, 0.2) is 0 Å². The summed E-state index contributed by atoms with van der Waals surface area (Å²) >= 11 is 3.47. The molecular weight excluding hydrogens is 202 g/mol. The Morgan fingerprint density at radius 2 is 2.09 bits per heavy atom. The smallest absolute Gasteiger partial charge is 0.0388 e. The van der Waals surface area contributed by atoms with Crippen LogP contribution >= 0.6 is 15.9 Å². The van der Waals surface area contributed by atoms with E-state index in [0.29, 0.717) is 0 Å². The summed E-state index contributed by atoms with van der Waals surface area (Å²) in [7, 11) is 0. The summed E-state index contributed by atoms with van der Waals surface area (Å²) in [5, 5.41) is 0. The highest BCUT2D eigenvalue weighted by atomic mass is 79.9. The van der Waals surface area contributed by atoms with Crippen LogP contribution in [0.15, 0.2) is 17.1 Å². The molecule has 0 radical (unpaired) electrons. The zero-order valence-electron chi connectivity index (χ0n) is 7.11. The zero-order chi connectivity index (χ0) is 8.59. The van der Waals surface area contributed by atoms with Crippen molar-refractivity contribution >= 4 is 21.6 Å². The second kappa shape index (κ2) is 2.86. The van der Waals surface area contributed by atoms with Crippen molar-refractivity contribution in [3.05, 3.63) is 28.5 Å². The van der Waals surface area contributed by atoms with E-state index < -0.39 is 0 Å². The molecule has 0 saturated carbocycles. The van der Waals surface area contributed by atoms with E-state index in [4.69, 9.17) is 0 Å². The largest absolute Gasteiger partial charge is 0.322 e. The van der Waals surface area contributed by atoms with Crippen LogP contribution in [0.2, 0.25) is 0 Å². The molecule has 0 aromatic carbocycles. The van der Waals surface area contributed by atoms with E-state index in [1.165, 1.54) is 11.4 Å². The minimum Gasteiger partial charge on any atom is -0.322 e. The van der Waals surface area contributed by atoms with Crippen LogP contribution in [0.3, 0.4) is 0 Å². The molecule has 0 fully saturated rings. The highest BCUT2D eigenvalue weighted by Crippen LogP contribution is 2.23. The van der Waals surface area contributed by atoms with Gasteiger partial charge in [-0.05, 0) is 42.8 Å². The lowest BCUT2D eigenvalue weighted by atomic mass is 10.4. The summed E-state index contributed by atoms with van der Waals surface area (Å²) in [6.45, 7) is 10.1. The van der Waals surface area contributed by atoms with E-state index in [9.17, 15) is 0 Å². The van der Waals surface area contributed by atoms with Gasteiger partial charge >= 0.3 is 0 Å². The van der Waals surface area contributed by atoms with Crippen molar-refractivity contribution in [1.29, 1.82) is 0 Å². The number of rotatable bonds is 1. The van der Waals surface area contributed by atoms with Gasteiger partial charge in [-0.2, -0.15) is 0 Å². The first-order valence-electron chi connectivity index (χ1n) is 3.54. The average Bonchev–Trinajstić information content (AvgIpc) is 2.07. The van der Waals surface area contributed by atoms with Gasteiger partial charge in [0.1, 0.15) is 0 Å². The number of allylic oxidation sites excluding steroid dienone is 1. The first-order chi connectivity index (χ1) is 5.04. The van der Waals surface area contributed by atoms with Gasteiger partial charge in [-0.1, -0.05) is 6.58 Å². The zero-order valence-corrected chi connectivity index (χ0v) is 8.70. The molecule has 0 spiro atoms. The van der Waals surface area contributed by atoms with Crippen LogP contribution in [-0.2, 0) is 0 Å². The fourth-order valence-electron chi connectivity index (χ4n) is 1.31. The lowest BCUT2D eigenvalue weighted by molar-refractivity contribution is 0.982. The molecule has 0 aliphatic carbocycles. The molecule has 0 aliphatic heterocycles. The van der Waals surface area contributed by atoms with Crippen molar-refractivity contribution in [2.75, 3.05) is 0 Å². The fraction of sp³-hybridized carbons (Fsp3) is 0.333. The van der Waals surface area contributed by atoms with Gasteiger partial charge in [0, 0.05) is 21.6 Å². The maximum atomic E-state index is 3.90. The lowest BCUT2D eigenvalue weighted by Gasteiger charge is -2.06. The summed E-state index contributed by atoms with van der Waals surface area (Å²) in [5.74, 6) is 0. The fourth-order valence-corrected chi connectivity index (χ4v) is 1.82. The summed E-state index contributed by atoms with van der Waals surface area (Å²) in [6, 6.07) is 2.10. The number of hydrogen-bond acceptors (Lipinski definition) is 0. The van der Waals surface area contributed by atoms with Crippen molar-refractivity contribution < 1.29 is 0 Å². The van der Waals surface area contributed by atoms with E-state index in [1.807, 2.05) is 6.92 Å². The van der Waals surface area contributed by atoms with Crippen molar-refractivity contribution in [3.8, 4) is 0 Å². The van der Waals surface area contributed by atoms with E-state index in [2.05, 4.69) is 47.0 Å². The number of halogens is 1. The lowest BCUT2D eigenvalue weighted by Crippen LogP contribution is -1.96. The maximum Gasteiger partial charge on any atom is 0.0388 e. The molecule has 1 aromatic rings. The number of aryl methyl sites for hydroxylation is 1. The van der Waals surface area contributed by atoms with Crippen molar-refractivity contribution in [3.63, 3.8) is 0 Å². The number of hydrogen-bond donors (Lipinski definition) is 0. The third-order valence-corrected chi connectivity index (χ3v) is 2.55. The molecule has 0 aliphatic rings. The molecule has 0 N–H and O–H groups in total. The van der Waals surface area contributed by atoms with Crippen LogP contribution in [0.1, 0.15) is 18.3 Å². The van der Waals surface area contributed by atoms with Gasteiger partial charge in [0.2, 0.25) is 0 Å². The van der Waals surface area contributed by atoms with E-state index in [1.54, 1.807) is 0 Å². The standard InChI is InChI=1S/C9H12BrN/c1-6(2)11-7(3)5-9(10)8(11)4/h5H,1H2,2-4H3. The monoisotopic (exact) mass is 213 g/mol. The maximum absolute atomic E-state index is 3.90. The Balaban J connectivity index is 3.34. The summed E-state index contributed by atoms with van der Waals surface area (Å²) < 4.78 is 3.28. The highest BCUT2D eigenvalue weighted by Gasteiger charge is 2.05. The minimum atomic E-state index is 1.06. The molecule has 1 aromatic heterocycles. The van der Waals surface area contributed by atoms with Crippen molar-refractivity contribution in [2.24, 2.45) is 0 Å². The van der Waals surface area contributed by atoms with Gasteiger partial charge in [0.25, 0.3) is 0 Å². The van der Waals surface area contributed by atoms with Crippen LogP contribution in [-0.4, -0.2) is 4.57 Å². The SMILES string of the molecule is C=C(C)n1c(C)cc(Br)c1C. The molecule has 0 atom stereocenters. The summed E-state index contributed by atoms with van der Waals surface area (Å²) in [4.78, 5) is 0. The molecule has 1 nitrogen and oxygen atoms in total. The second-order valence-corrected chi connectivity index (χ2v) is 3.64. The third-order valence-electron chi connectivity index (χ3n) is 1.75. The Morgan fingerprint density at radius 1 is 1.55 bits per heavy atom. The summed E-state index contributed by atoms with van der Waals surface area (Å²) in [5.41, 5.74) is 3.50. The molecule has 0 bridgehead atoms. The predicted molar refractivity (Wildman–Crippen MR) is 52.6 cm³/mol. The highest BCUT2D eigenvalue weighted by molar-refractivity contribution is 9.10. The molecular formula is C9H12BrN. The Hall–Kier alpha value is -0.500. The molecule has 1 heterocycles. The third kappa shape index (κ3) is 1.41. The van der Waals surface area contributed by atoms with E-state index in [-0.39, 0.29) is 0 Å². The van der Waals surface area contributed by atoms with Crippen molar-refractivity contribution in [2.45, 2.75) is 20.8 Å². The topological polar surface area (TPSA) is 4.93 Å². The second-order valence-electron chi connectivity index (χ2n) is 2.79. The van der Waals surface area contributed by atoms with E-state index >= 15 is 0 Å². The molecule has 0 unspecified atom stereocenters. The van der Waals surface area contributed by atoms with Crippen molar-refractivity contribution in [1.82, 2.24) is 4.57 Å². The quantitative estimate of drug-likeness (QED) is 0.675.